The first-order chi connectivity index (χ1) is 4.34. The van der Waals surface area contributed by atoms with Crippen LogP contribution in [0.25, 0.3) is 0 Å². The molecule has 0 aromatic rings. The van der Waals surface area contributed by atoms with E-state index < -0.39 is 0 Å². The summed E-state index contributed by atoms with van der Waals surface area (Å²) in [5, 5.41) is 1.19. The second-order valence-electron chi connectivity index (χ2n) is 3.18. The third-order valence-electron chi connectivity index (χ3n) is 2.45. The van der Waals surface area contributed by atoms with Gasteiger partial charge in [0.25, 0.3) is 0 Å². The predicted molar refractivity (Wildman–Crippen MR) is 44.9 cm³/mol. The van der Waals surface area contributed by atoms with Crippen molar-refractivity contribution in [2.24, 2.45) is 11.8 Å². The van der Waals surface area contributed by atoms with Gasteiger partial charge < -0.3 is 0 Å². The van der Waals surface area contributed by atoms with Crippen LogP contribution >= 0.6 is 15.9 Å². The minimum atomic E-state index is 0.910. The van der Waals surface area contributed by atoms with E-state index in [9.17, 15) is 0 Å². The average Bonchev–Trinajstić information content (AvgIpc) is 2.37. The van der Waals surface area contributed by atoms with E-state index in [1.54, 1.807) is 0 Å². The van der Waals surface area contributed by atoms with Gasteiger partial charge in [-0.1, -0.05) is 48.5 Å². The molecule has 1 aliphatic carbocycles. The lowest BCUT2D eigenvalue weighted by atomic mass is 9.95. The molecule has 0 N–H and O–H groups in total. The average molecular weight is 191 g/mol. The Morgan fingerprint density at radius 3 is 2.44 bits per heavy atom. The van der Waals surface area contributed by atoms with Crippen LogP contribution in [0.1, 0.15) is 32.6 Å². The van der Waals surface area contributed by atoms with Gasteiger partial charge in [0.15, 0.2) is 0 Å². The zero-order valence-electron chi connectivity index (χ0n) is 6.07. The summed E-state index contributed by atoms with van der Waals surface area (Å²) in [6.07, 6.45) is 5.91. The third kappa shape index (κ3) is 1.96. The Balaban J connectivity index is 2.24. The summed E-state index contributed by atoms with van der Waals surface area (Å²) in [6.45, 7) is 2.35. The molecule has 0 spiro atoms. The fourth-order valence-electron chi connectivity index (χ4n) is 1.65. The molecule has 0 aromatic heterocycles. The van der Waals surface area contributed by atoms with Gasteiger partial charge in [0.1, 0.15) is 0 Å². The third-order valence-corrected chi connectivity index (χ3v) is 3.47. The lowest BCUT2D eigenvalue weighted by molar-refractivity contribution is 0.404. The topological polar surface area (TPSA) is 0 Å². The molecule has 1 fully saturated rings. The van der Waals surface area contributed by atoms with Gasteiger partial charge in [-0.15, -0.1) is 0 Å². The molecule has 1 rings (SSSR count). The minimum absolute atomic E-state index is 0.910. The van der Waals surface area contributed by atoms with Crippen LogP contribution in [-0.2, 0) is 0 Å². The second kappa shape index (κ2) is 3.60. The molecule has 0 aliphatic heterocycles. The molecule has 1 atom stereocenters. The first-order valence-corrected chi connectivity index (χ1v) is 5.02. The summed E-state index contributed by atoms with van der Waals surface area (Å²) in [5.41, 5.74) is 0. The molecule has 0 radical (unpaired) electrons. The number of hydrogen-bond donors (Lipinski definition) is 0. The molecule has 54 valence electrons. The van der Waals surface area contributed by atoms with Crippen molar-refractivity contribution in [2.45, 2.75) is 32.6 Å². The van der Waals surface area contributed by atoms with E-state index in [4.69, 9.17) is 0 Å². The van der Waals surface area contributed by atoms with Gasteiger partial charge in [-0.05, 0) is 11.8 Å². The van der Waals surface area contributed by atoms with Crippen molar-refractivity contribution in [2.75, 3.05) is 5.33 Å². The molecule has 0 aromatic carbocycles. The first-order valence-electron chi connectivity index (χ1n) is 3.90. The Morgan fingerprint density at radius 1 is 1.44 bits per heavy atom. The van der Waals surface area contributed by atoms with Gasteiger partial charge in [0.05, 0.1) is 0 Å². The second-order valence-corrected chi connectivity index (χ2v) is 3.82. The summed E-state index contributed by atoms with van der Waals surface area (Å²) >= 11 is 3.52. The normalized spacial score (nSPS) is 24.7. The highest BCUT2D eigenvalue weighted by molar-refractivity contribution is 9.09. The van der Waals surface area contributed by atoms with Crippen molar-refractivity contribution in [3.8, 4) is 0 Å². The molecular weight excluding hydrogens is 176 g/mol. The van der Waals surface area contributed by atoms with E-state index in [0.29, 0.717) is 0 Å². The van der Waals surface area contributed by atoms with E-state index >= 15 is 0 Å². The molecule has 1 unspecified atom stereocenters. The zero-order chi connectivity index (χ0) is 6.69. The Labute approximate surface area is 66.2 Å². The number of alkyl halides is 1. The van der Waals surface area contributed by atoms with E-state index in [1.807, 2.05) is 0 Å². The molecule has 0 heterocycles. The lowest BCUT2D eigenvalue weighted by Crippen LogP contribution is -2.07. The van der Waals surface area contributed by atoms with Crippen LogP contribution in [0.15, 0.2) is 0 Å². The van der Waals surface area contributed by atoms with Gasteiger partial charge >= 0.3 is 0 Å². The lowest BCUT2D eigenvalue weighted by Gasteiger charge is -2.14. The monoisotopic (exact) mass is 190 g/mol. The minimum Gasteiger partial charge on any atom is -0.0925 e. The van der Waals surface area contributed by atoms with Crippen molar-refractivity contribution >= 4 is 15.9 Å². The van der Waals surface area contributed by atoms with Crippen molar-refractivity contribution in [3.05, 3.63) is 0 Å². The zero-order valence-corrected chi connectivity index (χ0v) is 7.65. The largest absolute Gasteiger partial charge is 0.0925 e. The Bertz CT molecular complexity index is 74.6. The maximum Gasteiger partial charge on any atom is 0.00596 e. The highest BCUT2D eigenvalue weighted by Crippen LogP contribution is 2.31. The fraction of sp³-hybridized carbons (Fsp3) is 1.00. The summed E-state index contributed by atoms with van der Waals surface area (Å²) in [7, 11) is 0. The highest BCUT2D eigenvalue weighted by Gasteiger charge is 2.19. The van der Waals surface area contributed by atoms with Gasteiger partial charge in [-0.3, -0.25) is 0 Å². The predicted octanol–water partition coefficient (Wildman–Crippen LogP) is 3.21. The fourth-order valence-corrected chi connectivity index (χ4v) is 2.18. The van der Waals surface area contributed by atoms with Crippen LogP contribution < -0.4 is 0 Å². The van der Waals surface area contributed by atoms with Crippen LogP contribution in [0.5, 0.6) is 0 Å². The molecule has 0 nitrogen and oxygen atoms in total. The summed E-state index contributed by atoms with van der Waals surface area (Å²) in [5.74, 6) is 1.94. The maximum atomic E-state index is 3.52. The van der Waals surface area contributed by atoms with Gasteiger partial charge in [-0.25, -0.2) is 0 Å². The van der Waals surface area contributed by atoms with E-state index in [-0.39, 0.29) is 0 Å². The Kier molecular flexibility index (Phi) is 3.03. The van der Waals surface area contributed by atoms with Crippen LogP contribution in [0, 0.1) is 11.8 Å². The number of rotatable bonds is 2. The summed E-state index contributed by atoms with van der Waals surface area (Å²) < 4.78 is 0. The first kappa shape index (κ1) is 7.59. The molecule has 1 saturated carbocycles. The van der Waals surface area contributed by atoms with E-state index in [1.165, 1.54) is 31.0 Å². The molecule has 9 heavy (non-hydrogen) atoms. The summed E-state index contributed by atoms with van der Waals surface area (Å²) in [4.78, 5) is 0. The van der Waals surface area contributed by atoms with E-state index in [2.05, 4.69) is 22.9 Å². The van der Waals surface area contributed by atoms with Gasteiger partial charge in [0, 0.05) is 5.33 Å². The highest BCUT2D eigenvalue weighted by atomic mass is 79.9. The quantitative estimate of drug-likeness (QED) is 0.588. The van der Waals surface area contributed by atoms with Crippen LogP contribution in [-0.4, -0.2) is 5.33 Å². The SMILES string of the molecule is CC(CBr)C1CCCC1. The molecule has 1 heteroatoms. The Morgan fingerprint density at radius 2 is 2.00 bits per heavy atom. The van der Waals surface area contributed by atoms with Crippen LogP contribution in [0.3, 0.4) is 0 Å². The molecule has 0 bridgehead atoms. The van der Waals surface area contributed by atoms with Crippen LogP contribution in [0.4, 0.5) is 0 Å². The van der Waals surface area contributed by atoms with E-state index in [0.717, 1.165) is 11.8 Å². The van der Waals surface area contributed by atoms with Crippen molar-refractivity contribution < 1.29 is 0 Å². The van der Waals surface area contributed by atoms with Crippen molar-refractivity contribution in [1.82, 2.24) is 0 Å². The summed E-state index contributed by atoms with van der Waals surface area (Å²) in [6, 6.07) is 0. The van der Waals surface area contributed by atoms with Gasteiger partial charge in [0.2, 0.25) is 0 Å². The maximum absolute atomic E-state index is 3.52. The smallest absolute Gasteiger partial charge is 0.00596 e. The van der Waals surface area contributed by atoms with Crippen LogP contribution in [0.2, 0.25) is 0 Å². The molecule has 0 amide bonds. The molecule has 0 saturated heterocycles. The number of hydrogen-bond acceptors (Lipinski definition) is 0. The van der Waals surface area contributed by atoms with Gasteiger partial charge in [-0.2, -0.15) is 0 Å². The van der Waals surface area contributed by atoms with Crippen molar-refractivity contribution in [3.63, 3.8) is 0 Å². The Hall–Kier alpha value is 0.480. The number of halogens is 1. The van der Waals surface area contributed by atoms with Crippen molar-refractivity contribution in [1.29, 1.82) is 0 Å². The standard InChI is InChI=1S/C8H15Br/c1-7(6-9)8-4-2-3-5-8/h7-8H,2-6H2,1H3. The molecular formula is C8H15Br. The molecule has 1 aliphatic rings.